The molecule has 0 radical (unpaired) electrons. The molecule has 0 spiro atoms. The fourth-order valence-corrected chi connectivity index (χ4v) is 5.85. The normalized spacial score (nSPS) is 51.9. The van der Waals surface area contributed by atoms with Gasteiger partial charge in [-0.1, -0.05) is 0 Å². The van der Waals surface area contributed by atoms with Crippen molar-refractivity contribution >= 4 is 5.91 Å². The molecule has 0 bridgehead atoms. The van der Waals surface area contributed by atoms with Crippen LogP contribution in [0.15, 0.2) is 0 Å². The lowest BCUT2D eigenvalue weighted by Crippen LogP contribution is -2.70. The lowest BCUT2D eigenvalue weighted by molar-refractivity contribution is -0.388. The molecular weight excluding hydrogens is 628 g/mol. The van der Waals surface area contributed by atoms with Gasteiger partial charge in [0.2, 0.25) is 5.91 Å². The van der Waals surface area contributed by atoms with Crippen molar-refractivity contribution in [3.05, 3.63) is 0 Å². The fraction of sp³-hybridized carbons (Fsp3) is 0.962. The summed E-state index contributed by atoms with van der Waals surface area (Å²) < 4.78 is 40.1. The molecular formula is C26H46N2O18. The highest BCUT2D eigenvalue weighted by molar-refractivity contribution is 5.73. The van der Waals surface area contributed by atoms with Crippen molar-refractivity contribution in [1.29, 1.82) is 0 Å². The SMILES string of the molecule is CC(=O)N[C@@H]1[C@@H](O[C@@H]2O[C@H](CN)[C@H](O)[C@H](O)[C@H]2O[C@@H]2O[C@@H](C)[C@@H](O)[C@@H](O)[C@@H]2O)[C@H](O[C@@H]2O[C@@H](C)[C@@H](O)[C@@H](O)[C@@H]2O)[C@@H](CO)O[C@H]1O. The molecule has 1 amide bonds. The van der Waals surface area contributed by atoms with Crippen LogP contribution in [0.4, 0.5) is 0 Å². The zero-order chi connectivity index (χ0) is 34.2. The van der Waals surface area contributed by atoms with Crippen LogP contribution < -0.4 is 11.1 Å². The van der Waals surface area contributed by atoms with Gasteiger partial charge in [0.15, 0.2) is 25.2 Å². The van der Waals surface area contributed by atoms with E-state index in [1.807, 2.05) is 0 Å². The van der Waals surface area contributed by atoms with Crippen molar-refractivity contribution in [1.82, 2.24) is 5.32 Å². The standard InChI is InChI=1S/C26H46N2O18/c1-6-12(31)15(34)18(37)24(40-6)44-20-10(5-29)42-23(39)11(28-8(3)30)21(20)45-26-22(17(36)14(33)9(4-27)43-26)46-25-19(38)16(35)13(32)7(2)41-25/h6-7,9-26,29,31-39H,4-5,27H2,1-3H3,(H,28,30)/t6-,7-,9+,10+,11+,12+,13+,14-,15+,16+,17-,18-,19-,20+,21+,22+,23+,24-,25-,26-/m0/s1. The fourth-order valence-electron chi connectivity index (χ4n) is 5.85. The van der Waals surface area contributed by atoms with Gasteiger partial charge < -0.3 is 95.3 Å². The van der Waals surface area contributed by atoms with Crippen LogP contribution in [0, 0.1) is 0 Å². The van der Waals surface area contributed by atoms with Crippen molar-refractivity contribution in [2.45, 2.75) is 144 Å². The Kier molecular flexibility index (Phi) is 12.7. The number of aliphatic hydroxyl groups is 10. The van der Waals surface area contributed by atoms with Crippen molar-refractivity contribution in [2.75, 3.05) is 13.2 Å². The van der Waals surface area contributed by atoms with Gasteiger partial charge in [0.05, 0.1) is 18.8 Å². The summed E-state index contributed by atoms with van der Waals surface area (Å²) in [4.78, 5) is 12.2. The van der Waals surface area contributed by atoms with Gasteiger partial charge >= 0.3 is 0 Å². The third kappa shape index (κ3) is 7.64. The summed E-state index contributed by atoms with van der Waals surface area (Å²) in [6, 6.07) is -1.50. The summed E-state index contributed by atoms with van der Waals surface area (Å²) in [6.07, 6.45) is -30.3. The second-order valence-electron chi connectivity index (χ2n) is 11.9. The molecule has 0 aromatic carbocycles. The monoisotopic (exact) mass is 674 g/mol. The second-order valence-corrected chi connectivity index (χ2v) is 11.9. The topological polar surface area (TPSA) is 322 Å². The smallest absolute Gasteiger partial charge is 0.217 e. The summed E-state index contributed by atoms with van der Waals surface area (Å²) >= 11 is 0. The molecule has 20 heteroatoms. The van der Waals surface area contributed by atoms with Gasteiger partial charge in [0, 0.05) is 13.5 Å². The molecule has 4 aliphatic heterocycles. The van der Waals surface area contributed by atoms with E-state index in [1.165, 1.54) is 13.8 Å². The Balaban J connectivity index is 1.69. The Morgan fingerprint density at radius 3 is 1.61 bits per heavy atom. The third-order valence-corrected chi connectivity index (χ3v) is 8.58. The minimum Gasteiger partial charge on any atom is -0.394 e. The van der Waals surface area contributed by atoms with E-state index >= 15 is 0 Å². The first-order valence-corrected chi connectivity index (χ1v) is 14.9. The first-order valence-electron chi connectivity index (χ1n) is 14.9. The predicted molar refractivity (Wildman–Crippen MR) is 145 cm³/mol. The van der Waals surface area contributed by atoms with E-state index in [2.05, 4.69) is 5.32 Å². The summed E-state index contributed by atoms with van der Waals surface area (Å²) in [5.41, 5.74) is 5.74. The molecule has 0 unspecified atom stereocenters. The highest BCUT2D eigenvalue weighted by atomic mass is 16.8. The van der Waals surface area contributed by atoms with Crippen LogP contribution in [0.5, 0.6) is 0 Å². The first kappa shape index (κ1) is 37.6. The minimum atomic E-state index is -1.85. The van der Waals surface area contributed by atoms with Crippen molar-refractivity contribution in [3.8, 4) is 0 Å². The minimum absolute atomic E-state index is 0.347. The van der Waals surface area contributed by atoms with E-state index in [0.29, 0.717) is 0 Å². The molecule has 0 aromatic rings. The van der Waals surface area contributed by atoms with Gasteiger partial charge in [0.25, 0.3) is 0 Å². The van der Waals surface area contributed by atoms with Gasteiger partial charge in [-0.15, -0.1) is 0 Å². The van der Waals surface area contributed by atoms with E-state index in [1.54, 1.807) is 0 Å². The van der Waals surface area contributed by atoms with Crippen molar-refractivity contribution < 1.29 is 89.0 Å². The van der Waals surface area contributed by atoms with Crippen LogP contribution in [0.1, 0.15) is 20.8 Å². The Bertz CT molecular complexity index is 1000. The summed E-state index contributed by atoms with van der Waals surface area (Å²) in [7, 11) is 0. The Labute approximate surface area is 263 Å². The van der Waals surface area contributed by atoms with E-state index < -0.39 is 135 Å². The molecule has 4 saturated heterocycles. The molecule has 0 aromatic heterocycles. The number of carbonyl (C=O) groups excluding carboxylic acids is 1. The van der Waals surface area contributed by atoms with Crippen molar-refractivity contribution in [2.24, 2.45) is 5.73 Å². The number of aliphatic hydroxyl groups excluding tert-OH is 10. The summed E-state index contributed by atoms with van der Waals surface area (Å²) in [5, 5.41) is 107. The van der Waals surface area contributed by atoms with Gasteiger partial charge in [-0.3, -0.25) is 4.79 Å². The molecule has 4 heterocycles. The predicted octanol–water partition coefficient (Wildman–Crippen LogP) is -7.58. The van der Waals surface area contributed by atoms with Crippen LogP contribution in [-0.4, -0.2) is 193 Å². The maximum Gasteiger partial charge on any atom is 0.217 e. The maximum atomic E-state index is 12.2. The maximum absolute atomic E-state index is 12.2. The molecule has 4 aliphatic rings. The summed E-state index contributed by atoms with van der Waals surface area (Å²) in [6.45, 7) is 2.72. The molecule has 46 heavy (non-hydrogen) atoms. The number of rotatable bonds is 9. The molecule has 4 rings (SSSR count). The molecule has 0 saturated carbocycles. The third-order valence-electron chi connectivity index (χ3n) is 8.58. The number of hydrogen-bond acceptors (Lipinski definition) is 19. The molecule has 13 N–H and O–H groups in total. The number of carbonyl (C=O) groups is 1. The van der Waals surface area contributed by atoms with E-state index in [4.69, 9.17) is 38.9 Å². The number of ether oxygens (including phenoxy) is 7. The molecule has 20 atom stereocenters. The van der Waals surface area contributed by atoms with Crippen LogP contribution in [0.25, 0.3) is 0 Å². The van der Waals surface area contributed by atoms with Crippen LogP contribution >= 0.6 is 0 Å². The number of nitrogens with one attached hydrogen (secondary N) is 1. The zero-order valence-corrected chi connectivity index (χ0v) is 25.3. The van der Waals surface area contributed by atoms with Gasteiger partial charge in [0.1, 0.15) is 85.4 Å². The van der Waals surface area contributed by atoms with Crippen molar-refractivity contribution in [3.63, 3.8) is 0 Å². The Morgan fingerprint density at radius 1 is 0.630 bits per heavy atom. The molecule has 20 nitrogen and oxygen atoms in total. The van der Waals surface area contributed by atoms with Gasteiger partial charge in [-0.05, 0) is 13.8 Å². The highest BCUT2D eigenvalue weighted by Gasteiger charge is 2.55. The quantitative estimate of drug-likeness (QED) is 0.108. The summed E-state index contributed by atoms with van der Waals surface area (Å²) in [5.74, 6) is -0.684. The zero-order valence-electron chi connectivity index (χ0n) is 25.3. The molecule has 4 fully saturated rings. The van der Waals surface area contributed by atoms with E-state index in [9.17, 15) is 55.9 Å². The van der Waals surface area contributed by atoms with Gasteiger partial charge in [-0.2, -0.15) is 0 Å². The second kappa shape index (κ2) is 15.5. The Morgan fingerprint density at radius 2 is 1.13 bits per heavy atom. The van der Waals surface area contributed by atoms with E-state index in [-0.39, 0.29) is 6.54 Å². The Hall–Kier alpha value is -1.25. The van der Waals surface area contributed by atoms with Crippen LogP contribution in [0.3, 0.4) is 0 Å². The van der Waals surface area contributed by atoms with Gasteiger partial charge in [-0.25, -0.2) is 0 Å². The first-order chi connectivity index (χ1) is 21.6. The van der Waals surface area contributed by atoms with Crippen LogP contribution in [-0.2, 0) is 38.0 Å². The number of amides is 1. The largest absolute Gasteiger partial charge is 0.394 e. The average Bonchev–Trinajstić information content (AvgIpc) is 3.01. The lowest BCUT2D eigenvalue weighted by atomic mass is 9.94. The number of hydrogen-bond donors (Lipinski definition) is 12. The number of nitrogens with two attached hydrogens (primary N) is 1. The highest BCUT2D eigenvalue weighted by Crippen LogP contribution is 2.35. The molecule has 268 valence electrons. The average molecular weight is 675 g/mol. The van der Waals surface area contributed by atoms with Crippen LogP contribution in [0.2, 0.25) is 0 Å². The lowest BCUT2D eigenvalue weighted by Gasteiger charge is -2.50. The molecule has 0 aliphatic carbocycles. The van der Waals surface area contributed by atoms with E-state index in [0.717, 1.165) is 6.92 Å².